The van der Waals surface area contributed by atoms with E-state index in [4.69, 9.17) is 0 Å². The fourth-order valence-electron chi connectivity index (χ4n) is 7.80. The maximum absolute atomic E-state index is 11.8. The van der Waals surface area contributed by atoms with E-state index in [0.29, 0.717) is 11.3 Å². The second-order valence-electron chi connectivity index (χ2n) is 10.1. The second kappa shape index (κ2) is 5.67. The first kappa shape index (κ1) is 17.0. The maximum atomic E-state index is 11.8. The van der Waals surface area contributed by atoms with Crippen molar-refractivity contribution < 1.29 is 5.11 Å². The van der Waals surface area contributed by atoms with E-state index in [-0.39, 0.29) is 5.41 Å². The van der Waals surface area contributed by atoms with Gasteiger partial charge in [0, 0.05) is 23.4 Å². The number of pyridine rings is 1. The molecule has 1 aromatic heterocycles. The molecule has 0 aromatic carbocycles. The Labute approximate surface area is 158 Å². The van der Waals surface area contributed by atoms with Crippen LogP contribution in [-0.4, -0.2) is 10.1 Å². The van der Waals surface area contributed by atoms with E-state index in [2.05, 4.69) is 31.0 Å². The first-order valence-electron chi connectivity index (χ1n) is 10.8. The zero-order valence-corrected chi connectivity index (χ0v) is 16.4. The highest BCUT2D eigenvalue weighted by Crippen LogP contribution is 2.69. The monoisotopic (exact) mass is 351 g/mol. The van der Waals surface area contributed by atoms with Crippen molar-refractivity contribution in [2.45, 2.75) is 77.2 Å². The smallest absolute Gasteiger partial charge is 0.0967 e. The summed E-state index contributed by atoms with van der Waals surface area (Å²) in [5.74, 6) is 2.23. The highest BCUT2D eigenvalue weighted by molar-refractivity contribution is 5.29. The molecule has 3 fully saturated rings. The van der Waals surface area contributed by atoms with Crippen molar-refractivity contribution in [1.82, 2.24) is 4.98 Å². The molecule has 0 saturated heterocycles. The molecule has 6 atom stereocenters. The molecule has 0 aliphatic heterocycles. The molecule has 4 aliphatic rings. The lowest BCUT2D eigenvalue weighted by atomic mass is 9.47. The Morgan fingerprint density at radius 3 is 2.73 bits per heavy atom. The van der Waals surface area contributed by atoms with Gasteiger partial charge in [-0.15, -0.1) is 0 Å². The molecule has 1 N–H and O–H groups in total. The maximum Gasteiger partial charge on any atom is 0.0967 e. The molecule has 2 nitrogen and oxygen atoms in total. The number of aliphatic hydroxyl groups is 1. The lowest BCUT2D eigenvalue weighted by Crippen LogP contribution is -2.53. The van der Waals surface area contributed by atoms with Crippen molar-refractivity contribution in [3.05, 3.63) is 41.7 Å². The van der Waals surface area contributed by atoms with Gasteiger partial charge in [0.1, 0.15) is 0 Å². The predicted molar refractivity (Wildman–Crippen MR) is 104 cm³/mol. The molecular formula is C24H33NO. The number of fused-ring (bicyclic) bond motifs is 5. The molecule has 4 aliphatic carbocycles. The van der Waals surface area contributed by atoms with Gasteiger partial charge >= 0.3 is 0 Å². The molecule has 2 heteroatoms. The Kier molecular flexibility index (Phi) is 3.71. The van der Waals surface area contributed by atoms with Gasteiger partial charge in [-0.3, -0.25) is 4.98 Å². The summed E-state index contributed by atoms with van der Waals surface area (Å²) in [6.45, 7) is 4.95. The molecule has 5 rings (SSSR count). The first-order valence-corrected chi connectivity index (χ1v) is 10.8. The van der Waals surface area contributed by atoms with Gasteiger partial charge in [-0.1, -0.05) is 38.0 Å². The Morgan fingerprint density at radius 1 is 1.08 bits per heavy atom. The van der Waals surface area contributed by atoms with Crippen LogP contribution in [-0.2, 0) is 5.60 Å². The number of allylic oxidation sites excluding steroid dienone is 2. The molecule has 3 saturated carbocycles. The average molecular weight is 352 g/mol. The normalized spacial score (nSPS) is 47.5. The Morgan fingerprint density at radius 2 is 1.92 bits per heavy atom. The van der Waals surface area contributed by atoms with Crippen LogP contribution in [0.5, 0.6) is 0 Å². The van der Waals surface area contributed by atoms with Crippen molar-refractivity contribution >= 4 is 0 Å². The predicted octanol–water partition coefficient (Wildman–Crippen LogP) is 5.62. The summed E-state index contributed by atoms with van der Waals surface area (Å²) in [5.41, 5.74) is 2.55. The van der Waals surface area contributed by atoms with Crippen LogP contribution < -0.4 is 0 Å². The van der Waals surface area contributed by atoms with Gasteiger partial charge in [0.25, 0.3) is 0 Å². The van der Waals surface area contributed by atoms with Crippen molar-refractivity contribution in [2.75, 3.05) is 0 Å². The number of rotatable bonds is 1. The minimum absolute atomic E-state index is 0.00638. The van der Waals surface area contributed by atoms with Crippen LogP contribution >= 0.6 is 0 Å². The lowest BCUT2D eigenvalue weighted by Gasteiger charge is -2.58. The van der Waals surface area contributed by atoms with E-state index in [1.54, 1.807) is 5.57 Å². The largest absolute Gasteiger partial charge is 0.385 e. The Hall–Kier alpha value is -1.15. The van der Waals surface area contributed by atoms with Gasteiger partial charge in [-0.25, -0.2) is 0 Å². The zero-order chi connectivity index (χ0) is 18.0. The SMILES string of the molecule is C[C@]12CCCCC1=CC[C@@H]1[C@@H]2CC[C@@]2(C)[C@H]1CCC2(O)c1cccnc1. The minimum Gasteiger partial charge on any atom is -0.385 e. The number of hydrogen-bond acceptors (Lipinski definition) is 2. The molecule has 0 radical (unpaired) electrons. The van der Waals surface area contributed by atoms with E-state index in [1.807, 2.05) is 18.5 Å². The van der Waals surface area contributed by atoms with Crippen LogP contribution in [0.15, 0.2) is 36.2 Å². The van der Waals surface area contributed by atoms with Crippen molar-refractivity contribution in [3.8, 4) is 0 Å². The molecule has 0 amide bonds. The number of aromatic nitrogens is 1. The summed E-state index contributed by atoms with van der Waals surface area (Å²) in [6.07, 6.45) is 17.6. The third-order valence-electron chi connectivity index (χ3n) is 9.31. The molecule has 0 spiro atoms. The second-order valence-corrected chi connectivity index (χ2v) is 10.1. The van der Waals surface area contributed by atoms with Crippen LogP contribution in [0.3, 0.4) is 0 Å². The highest BCUT2D eigenvalue weighted by atomic mass is 16.3. The van der Waals surface area contributed by atoms with Gasteiger partial charge in [0.05, 0.1) is 5.60 Å². The van der Waals surface area contributed by atoms with Gasteiger partial charge in [-0.2, -0.15) is 0 Å². The van der Waals surface area contributed by atoms with Crippen LogP contribution in [0.1, 0.15) is 77.2 Å². The summed E-state index contributed by atoms with van der Waals surface area (Å²) in [5, 5.41) is 11.8. The topological polar surface area (TPSA) is 33.1 Å². The zero-order valence-electron chi connectivity index (χ0n) is 16.4. The summed E-state index contributed by atoms with van der Waals surface area (Å²) in [6, 6.07) is 4.07. The molecule has 140 valence electrons. The summed E-state index contributed by atoms with van der Waals surface area (Å²) >= 11 is 0. The summed E-state index contributed by atoms with van der Waals surface area (Å²) < 4.78 is 0. The van der Waals surface area contributed by atoms with Gasteiger partial charge in [-0.05, 0) is 80.6 Å². The highest BCUT2D eigenvalue weighted by Gasteiger charge is 2.63. The van der Waals surface area contributed by atoms with E-state index in [9.17, 15) is 5.11 Å². The lowest BCUT2D eigenvalue weighted by molar-refractivity contribution is -0.128. The van der Waals surface area contributed by atoms with Crippen LogP contribution in [0.2, 0.25) is 0 Å². The van der Waals surface area contributed by atoms with E-state index >= 15 is 0 Å². The van der Waals surface area contributed by atoms with Crippen molar-refractivity contribution in [1.29, 1.82) is 0 Å². The van der Waals surface area contributed by atoms with Crippen molar-refractivity contribution in [2.24, 2.45) is 28.6 Å². The molecular weight excluding hydrogens is 318 g/mol. The third-order valence-corrected chi connectivity index (χ3v) is 9.31. The molecule has 26 heavy (non-hydrogen) atoms. The molecule has 0 bridgehead atoms. The number of hydrogen-bond donors (Lipinski definition) is 1. The Bertz CT molecular complexity index is 727. The number of nitrogens with zero attached hydrogens (tertiary/aromatic N) is 1. The summed E-state index contributed by atoms with van der Waals surface area (Å²) in [4.78, 5) is 4.32. The standard InChI is InChI=1S/C24H33NO/c1-22-12-4-3-6-17(22)8-9-19-20(22)10-13-23(2)21(19)11-14-24(23,26)18-7-5-15-25-16-18/h5,7-8,15-16,19-21,26H,3-4,6,9-14H2,1-2H3/t19-,20+,21+,22+,23+,24?/m1/s1. The molecule has 1 unspecified atom stereocenters. The van der Waals surface area contributed by atoms with Crippen LogP contribution in [0, 0.1) is 28.6 Å². The average Bonchev–Trinajstić information content (AvgIpc) is 2.94. The van der Waals surface area contributed by atoms with Crippen molar-refractivity contribution in [3.63, 3.8) is 0 Å². The van der Waals surface area contributed by atoms with Crippen LogP contribution in [0.4, 0.5) is 0 Å². The fourth-order valence-corrected chi connectivity index (χ4v) is 7.80. The summed E-state index contributed by atoms with van der Waals surface area (Å²) in [7, 11) is 0. The van der Waals surface area contributed by atoms with Gasteiger partial charge < -0.3 is 5.11 Å². The van der Waals surface area contributed by atoms with E-state index in [1.165, 1.54) is 44.9 Å². The molecule has 1 heterocycles. The van der Waals surface area contributed by atoms with Gasteiger partial charge in [0.2, 0.25) is 0 Å². The first-order chi connectivity index (χ1) is 12.5. The fraction of sp³-hybridized carbons (Fsp3) is 0.708. The van der Waals surface area contributed by atoms with E-state index in [0.717, 1.165) is 30.2 Å². The molecule has 1 aromatic rings. The van der Waals surface area contributed by atoms with Gasteiger partial charge in [0.15, 0.2) is 0 Å². The quantitative estimate of drug-likeness (QED) is 0.666. The Balaban J connectivity index is 1.52. The third kappa shape index (κ3) is 2.06. The van der Waals surface area contributed by atoms with E-state index < -0.39 is 5.60 Å². The van der Waals surface area contributed by atoms with Crippen LogP contribution in [0.25, 0.3) is 0 Å². The minimum atomic E-state index is -0.700.